The maximum absolute atomic E-state index is 6.19. The average molecular weight is 253 g/mol. The van der Waals surface area contributed by atoms with E-state index in [4.69, 9.17) is 17.3 Å². The van der Waals surface area contributed by atoms with E-state index in [0.29, 0.717) is 0 Å². The molecule has 2 N–H and O–H groups in total. The van der Waals surface area contributed by atoms with Gasteiger partial charge in [-0.25, -0.2) is 0 Å². The molecule has 0 aliphatic carbocycles. The van der Waals surface area contributed by atoms with Gasteiger partial charge in [0, 0.05) is 11.1 Å². The van der Waals surface area contributed by atoms with Gasteiger partial charge in [-0.15, -0.1) is 0 Å². The molecule has 0 aromatic heterocycles. The molecular weight excluding hydrogens is 232 g/mol. The lowest BCUT2D eigenvalue weighted by Gasteiger charge is -2.27. The summed E-state index contributed by atoms with van der Waals surface area (Å²) in [5, 5.41) is 0.775. The highest BCUT2D eigenvalue weighted by Crippen LogP contribution is 2.18. The van der Waals surface area contributed by atoms with Crippen LogP contribution in [0.2, 0.25) is 5.02 Å². The van der Waals surface area contributed by atoms with E-state index < -0.39 is 0 Å². The van der Waals surface area contributed by atoms with Crippen molar-refractivity contribution < 1.29 is 0 Å². The first-order valence-electron chi connectivity index (χ1n) is 6.49. The molecule has 17 heavy (non-hydrogen) atoms. The van der Waals surface area contributed by atoms with Crippen molar-refractivity contribution in [3.63, 3.8) is 0 Å². The Morgan fingerprint density at radius 3 is 2.41 bits per heavy atom. The summed E-state index contributed by atoms with van der Waals surface area (Å²) in [6.07, 6.45) is 5.10. The van der Waals surface area contributed by atoms with Crippen molar-refractivity contribution in [2.45, 2.75) is 31.7 Å². The monoisotopic (exact) mass is 252 g/mol. The summed E-state index contributed by atoms with van der Waals surface area (Å²) in [4.78, 5) is 2.53. The number of halogens is 1. The normalized spacial score (nSPS) is 19.2. The van der Waals surface area contributed by atoms with E-state index in [9.17, 15) is 0 Å². The molecule has 0 bridgehead atoms. The van der Waals surface area contributed by atoms with Crippen LogP contribution in [0.3, 0.4) is 0 Å². The van der Waals surface area contributed by atoms with Crippen molar-refractivity contribution >= 4 is 11.6 Å². The lowest BCUT2D eigenvalue weighted by molar-refractivity contribution is 0.221. The fourth-order valence-electron chi connectivity index (χ4n) is 2.38. The molecule has 0 spiro atoms. The summed E-state index contributed by atoms with van der Waals surface area (Å²) in [5.74, 6) is 0. The molecule has 3 heteroatoms. The highest BCUT2D eigenvalue weighted by molar-refractivity contribution is 6.30. The standard InChI is InChI=1S/C14H21ClN2/c15-13-6-4-12(5-7-13)14(16)8-11-17-9-2-1-3-10-17/h4-7,14H,1-3,8-11,16H2. The van der Waals surface area contributed by atoms with Crippen LogP contribution in [0.15, 0.2) is 24.3 Å². The van der Waals surface area contributed by atoms with Gasteiger partial charge in [0.25, 0.3) is 0 Å². The molecule has 1 heterocycles. The van der Waals surface area contributed by atoms with Crippen molar-refractivity contribution in [1.29, 1.82) is 0 Å². The second-order valence-corrected chi connectivity index (χ2v) is 5.29. The third-order valence-corrected chi connectivity index (χ3v) is 3.76. The average Bonchev–Trinajstić information content (AvgIpc) is 2.38. The molecule has 1 unspecified atom stereocenters. The number of rotatable bonds is 4. The summed E-state index contributed by atoms with van der Waals surface area (Å²) >= 11 is 5.87. The highest BCUT2D eigenvalue weighted by atomic mass is 35.5. The molecule has 94 valence electrons. The maximum Gasteiger partial charge on any atom is 0.0406 e. The molecular formula is C14H21ClN2. The largest absolute Gasteiger partial charge is 0.324 e. The van der Waals surface area contributed by atoms with E-state index >= 15 is 0 Å². The van der Waals surface area contributed by atoms with E-state index in [1.165, 1.54) is 37.9 Å². The Balaban J connectivity index is 1.80. The van der Waals surface area contributed by atoms with Crippen LogP contribution in [-0.4, -0.2) is 24.5 Å². The van der Waals surface area contributed by atoms with Crippen LogP contribution in [-0.2, 0) is 0 Å². The summed E-state index contributed by atoms with van der Waals surface area (Å²) in [6, 6.07) is 8.02. The summed E-state index contributed by atoms with van der Waals surface area (Å²) in [6.45, 7) is 3.60. The Morgan fingerprint density at radius 1 is 1.12 bits per heavy atom. The van der Waals surface area contributed by atoms with E-state index in [-0.39, 0.29) is 6.04 Å². The third kappa shape index (κ3) is 3.98. The maximum atomic E-state index is 6.19. The first-order valence-corrected chi connectivity index (χ1v) is 6.87. The summed E-state index contributed by atoms with van der Waals surface area (Å²) in [7, 11) is 0. The van der Waals surface area contributed by atoms with Gasteiger partial charge in [-0.1, -0.05) is 30.2 Å². The van der Waals surface area contributed by atoms with Crippen LogP contribution in [0, 0.1) is 0 Å². The van der Waals surface area contributed by atoms with Gasteiger partial charge in [0.2, 0.25) is 0 Å². The Hall–Kier alpha value is -0.570. The zero-order valence-corrected chi connectivity index (χ0v) is 11.0. The van der Waals surface area contributed by atoms with E-state index in [2.05, 4.69) is 4.90 Å². The molecule has 1 saturated heterocycles. The fraction of sp³-hybridized carbons (Fsp3) is 0.571. The highest BCUT2D eigenvalue weighted by Gasteiger charge is 2.12. The van der Waals surface area contributed by atoms with Gasteiger partial charge in [-0.05, 0) is 56.6 Å². The summed E-state index contributed by atoms with van der Waals surface area (Å²) in [5.41, 5.74) is 7.38. The molecule has 0 radical (unpaired) electrons. The number of piperidine rings is 1. The molecule has 0 amide bonds. The van der Waals surface area contributed by atoms with Crippen molar-refractivity contribution in [2.75, 3.05) is 19.6 Å². The van der Waals surface area contributed by atoms with Crippen LogP contribution in [0.1, 0.15) is 37.3 Å². The SMILES string of the molecule is NC(CCN1CCCCC1)c1ccc(Cl)cc1. The number of likely N-dealkylation sites (tertiary alicyclic amines) is 1. The summed E-state index contributed by atoms with van der Waals surface area (Å²) < 4.78 is 0. The van der Waals surface area contributed by atoms with Crippen molar-refractivity contribution in [1.82, 2.24) is 4.90 Å². The predicted octanol–water partition coefficient (Wildman–Crippen LogP) is 3.22. The van der Waals surface area contributed by atoms with E-state index in [0.717, 1.165) is 18.0 Å². The van der Waals surface area contributed by atoms with Crippen LogP contribution in [0.25, 0.3) is 0 Å². The molecule has 2 nitrogen and oxygen atoms in total. The third-order valence-electron chi connectivity index (χ3n) is 3.50. The van der Waals surface area contributed by atoms with Crippen LogP contribution in [0.4, 0.5) is 0 Å². The van der Waals surface area contributed by atoms with Crippen LogP contribution < -0.4 is 5.73 Å². The smallest absolute Gasteiger partial charge is 0.0406 e. The van der Waals surface area contributed by atoms with Gasteiger partial charge >= 0.3 is 0 Å². The Kier molecular flexibility index (Phi) is 4.84. The molecule has 2 rings (SSSR count). The van der Waals surface area contributed by atoms with Crippen LogP contribution in [0.5, 0.6) is 0 Å². The van der Waals surface area contributed by atoms with Gasteiger partial charge in [-0.3, -0.25) is 0 Å². The van der Waals surface area contributed by atoms with Crippen molar-refractivity contribution in [2.24, 2.45) is 5.73 Å². The molecule has 1 fully saturated rings. The topological polar surface area (TPSA) is 29.3 Å². The second-order valence-electron chi connectivity index (χ2n) is 4.85. The number of benzene rings is 1. The van der Waals surface area contributed by atoms with Gasteiger partial charge < -0.3 is 10.6 Å². The van der Waals surface area contributed by atoms with Crippen molar-refractivity contribution in [3.05, 3.63) is 34.9 Å². The van der Waals surface area contributed by atoms with Gasteiger partial charge in [0.15, 0.2) is 0 Å². The lowest BCUT2D eigenvalue weighted by atomic mass is 10.0. The zero-order chi connectivity index (χ0) is 12.1. The minimum atomic E-state index is 0.134. The Bertz CT molecular complexity index is 331. The number of nitrogens with zero attached hydrogens (tertiary/aromatic N) is 1. The number of nitrogens with two attached hydrogens (primary N) is 1. The van der Waals surface area contributed by atoms with Crippen molar-refractivity contribution in [3.8, 4) is 0 Å². The van der Waals surface area contributed by atoms with Gasteiger partial charge in [0.05, 0.1) is 0 Å². The fourth-order valence-corrected chi connectivity index (χ4v) is 2.51. The molecule has 1 aliphatic rings. The predicted molar refractivity (Wildman–Crippen MR) is 73.3 cm³/mol. The molecule has 0 saturated carbocycles. The van der Waals surface area contributed by atoms with E-state index in [1.807, 2.05) is 24.3 Å². The number of hydrogen-bond acceptors (Lipinski definition) is 2. The first-order chi connectivity index (χ1) is 8.25. The lowest BCUT2D eigenvalue weighted by Crippen LogP contribution is -2.32. The van der Waals surface area contributed by atoms with Gasteiger partial charge in [0.1, 0.15) is 0 Å². The Morgan fingerprint density at radius 2 is 1.76 bits per heavy atom. The minimum Gasteiger partial charge on any atom is -0.324 e. The minimum absolute atomic E-state index is 0.134. The van der Waals surface area contributed by atoms with Crippen LogP contribution >= 0.6 is 11.6 Å². The number of hydrogen-bond donors (Lipinski definition) is 1. The molecule has 1 aromatic rings. The molecule has 1 atom stereocenters. The molecule has 1 aromatic carbocycles. The second kappa shape index (κ2) is 6.39. The first kappa shape index (κ1) is 12.9. The Labute approximate surface area is 109 Å². The molecule has 1 aliphatic heterocycles. The quantitative estimate of drug-likeness (QED) is 0.892. The van der Waals surface area contributed by atoms with E-state index in [1.54, 1.807) is 0 Å². The van der Waals surface area contributed by atoms with Gasteiger partial charge in [-0.2, -0.15) is 0 Å². The zero-order valence-electron chi connectivity index (χ0n) is 10.2.